The molecule has 2 heterocycles. The maximum Gasteiger partial charge on any atom is 0.271 e. The standard InChI is InChI=1S/C21H21N3O3S2/c25-20(24(19-9-10-19)15-17-3-1-11-22-14-17)13-16-5-7-18(8-6-16)23-29(26,27)21-4-2-12-28-21/h1-8,11-12,14,19,23H,9-10,13,15H2. The zero-order chi connectivity index (χ0) is 20.3. The van der Waals surface area contributed by atoms with E-state index in [1.165, 1.54) is 11.3 Å². The number of aromatic nitrogens is 1. The Bertz CT molecular complexity index is 1060. The number of pyridine rings is 1. The van der Waals surface area contributed by atoms with Crippen molar-refractivity contribution in [1.29, 1.82) is 0 Å². The maximum atomic E-state index is 12.9. The molecule has 1 amide bonds. The Labute approximate surface area is 174 Å². The highest BCUT2D eigenvalue weighted by atomic mass is 32.2. The highest BCUT2D eigenvalue weighted by molar-refractivity contribution is 7.94. The normalized spacial score (nSPS) is 13.8. The van der Waals surface area contributed by atoms with Gasteiger partial charge in [-0.05, 0) is 53.6 Å². The van der Waals surface area contributed by atoms with Crippen LogP contribution in [0.3, 0.4) is 0 Å². The van der Waals surface area contributed by atoms with Gasteiger partial charge >= 0.3 is 0 Å². The number of nitrogens with one attached hydrogen (secondary N) is 1. The Morgan fingerprint density at radius 3 is 2.52 bits per heavy atom. The Balaban J connectivity index is 1.40. The third-order valence-electron chi connectivity index (χ3n) is 4.71. The lowest BCUT2D eigenvalue weighted by Gasteiger charge is -2.22. The van der Waals surface area contributed by atoms with Crippen molar-refractivity contribution in [2.24, 2.45) is 0 Å². The number of anilines is 1. The predicted octanol–water partition coefficient (Wildman–Crippen LogP) is 3.68. The van der Waals surface area contributed by atoms with Crippen LogP contribution in [0.5, 0.6) is 0 Å². The molecule has 2 aromatic heterocycles. The molecule has 1 N–H and O–H groups in total. The zero-order valence-electron chi connectivity index (χ0n) is 15.7. The van der Waals surface area contributed by atoms with Crippen LogP contribution in [0.25, 0.3) is 0 Å². The van der Waals surface area contributed by atoms with Crippen LogP contribution in [0.15, 0.2) is 70.5 Å². The average Bonchev–Trinajstić information content (AvgIpc) is 3.39. The minimum atomic E-state index is -3.57. The van der Waals surface area contributed by atoms with E-state index >= 15 is 0 Å². The molecule has 8 heteroatoms. The third-order valence-corrected chi connectivity index (χ3v) is 7.48. The van der Waals surface area contributed by atoms with Gasteiger partial charge in [-0.2, -0.15) is 0 Å². The van der Waals surface area contributed by atoms with Gasteiger partial charge in [0.25, 0.3) is 10.0 Å². The summed E-state index contributed by atoms with van der Waals surface area (Å²) < 4.78 is 27.4. The van der Waals surface area contributed by atoms with Gasteiger partial charge in [-0.3, -0.25) is 14.5 Å². The minimum Gasteiger partial charge on any atom is -0.335 e. The van der Waals surface area contributed by atoms with Crippen molar-refractivity contribution in [2.45, 2.75) is 36.1 Å². The molecule has 0 bridgehead atoms. The molecule has 4 rings (SSSR count). The molecular formula is C21H21N3O3S2. The molecule has 0 atom stereocenters. The summed E-state index contributed by atoms with van der Waals surface area (Å²) in [6.45, 7) is 0.566. The highest BCUT2D eigenvalue weighted by Gasteiger charge is 2.32. The molecule has 6 nitrogen and oxygen atoms in total. The molecule has 0 aliphatic heterocycles. The molecule has 0 unspecified atom stereocenters. The van der Waals surface area contributed by atoms with E-state index in [2.05, 4.69) is 9.71 Å². The number of carbonyl (C=O) groups is 1. The second-order valence-electron chi connectivity index (χ2n) is 7.03. The second kappa shape index (κ2) is 8.34. The van der Waals surface area contributed by atoms with E-state index < -0.39 is 10.0 Å². The maximum absolute atomic E-state index is 12.9. The topological polar surface area (TPSA) is 79.4 Å². The molecule has 1 saturated carbocycles. The highest BCUT2D eigenvalue weighted by Crippen LogP contribution is 2.29. The lowest BCUT2D eigenvalue weighted by Crippen LogP contribution is -2.33. The Morgan fingerprint density at radius 2 is 1.90 bits per heavy atom. The summed E-state index contributed by atoms with van der Waals surface area (Å²) in [5, 5.41) is 1.72. The van der Waals surface area contributed by atoms with E-state index in [1.807, 2.05) is 17.0 Å². The van der Waals surface area contributed by atoms with Crippen molar-refractivity contribution < 1.29 is 13.2 Å². The van der Waals surface area contributed by atoms with Crippen LogP contribution >= 0.6 is 11.3 Å². The first-order valence-electron chi connectivity index (χ1n) is 9.35. The summed E-state index contributed by atoms with van der Waals surface area (Å²) >= 11 is 1.17. The molecule has 1 aliphatic carbocycles. The lowest BCUT2D eigenvalue weighted by atomic mass is 10.1. The molecule has 0 saturated heterocycles. The molecule has 1 aromatic carbocycles. The average molecular weight is 428 g/mol. The Kier molecular flexibility index (Phi) is 5.64. The van der Waals surface area contributed by atoms with Gasteiger partial charge in [-0.1, -0.05) is 24.3 Å². The SMILES string of the molecule is O=C(Cc1ccc(NS(=O)(=O)c2cccs2)cc1)N(Cc1cccnc1)C1CC1. The van der Waals surface area contributed by atoms with E-state index in [1.54, 1.807) is 54.2 Å². The van der Waals surface area contributed by atoms with E-state index in [4.69, 9.17) is 0 Å². The third kappa shape index (κ3) is 5.02. The molecule has 1 aliphatic rings. The van der Waals surface area contributed by atoms with Gasteiger partial charge in [0.1, 0.15) is 4.21 Å². The van der Waals surface area contributed by atoms with E-state index in [-0.39, 0.29) is 16.5 Å². The van der Waals surface area contributed by atoms with Crippen molar-refractivity contribution in [1.82, 2.24) is 9.88 Å². The van der Waals surface area contributed by atoms with Crippen LogP contribution in [0, 0.1) is 0 Å². The number of nitrogens with zero attached hydrogens (tertiary/aromatic N) is 2. The summed E-state index contributed by atoms with van der Waals surface area (Å²) in [6, 6.07) is 14.4. The number of benzene rings is 1. The molecule has 150 valence electrons. The summed E-state index contributed by atoms with van der Waals surface area (Å²) in [6.07, 6.45) is 5.87. The first-order valence-corrected chi connectivity index (χ1v) is 11.7. The first kappa shape index (κ1) is 19.6. The van der Waals surface area contributed by atoms with Crippen LogP contribution in [-0.2, 0) is 27.8 Å². The van der Waals surface area contributed by atoms with Crippen molar-refractivity contribution in [3.8, 4) is 0 Å². The molecule has 0 radical (unpaired) electrons. The fourth-order valence-corrected chi connectivity index (χ4v) is 5.14. The minimum absolute atomic E-state index is 0.0725. The molecule has 0 spiro atoms. The van der Waals surface area contributed by atoms with Gasteiger partial charge in [0.2, 0.25) is 5.91 Å². The van der Waals surface area contributed by atoms with Crippen LogP contribution in [0.1, 0.15) is 24.0 Å². The monoisotopic (exact) mass is 427 g/mol. The zero-order valence-corrected chi connectivity index (χ0v) is 17.3. The number of amides is 1. The van der Waals surface area contributed by atoms with Crippen molar-refractivity contribution in [2.75, 3.05) is 4.72 Å². The smallest absolute Gasteiger partial charge is 0.271 e. The molecule has 1 fully saturated rings. The van der Waals surface area contributed by atoms with Crippen molar-refractivity contribution >= 4 is 33.0 Å². The summed E-state index contributed by atoms with van der Waals surface area (Å²) in [7, 11) is -3.57. The van der Waals surface area contributed by atoms with Crippen LogP contribution in [0.4, 0.5) is 5.69 Å². The van der Waals surface area contributed by atoms with Gasteiger partial charge in [-0.25, -0.2) is 8.42 Å². The Morgan fingerprint density at radius 1 is 1.10 bits per heavy atom. The van der Waals surface area contributed by atoms with E-state index in [9.17, 15) is 13.2 Å². The molecule has 3 aromatic rings. The largest absolute Gasteiger partial charge is 0.335 e. The van der Waals surface area contributed by atoms with Crippen molar-refractivity contribution in [3.05, 3.63) is 77.4 Å². The second-order valence-corrected chi connectivity index (χ2v) is 9.88. The van der Waals surface area contributed by atoms with Crippen LogP contribution in [0.2, 0.25) is 0 Å². The number of sulfonamides is 1. The van der Waals surface area contributed by atoms with Crippen LogP contribution < -0.4 is 4.72 Å². The fourth-order valence-electron chi connectivity index (χ4n) is 3.08. The lowest BCUT2D eigenvalue weighted by molar-refractivity contribution is -0.131. The summed E-state index contributed by atoms with van der Waals surface area (Å²) in [4.78, 5) is 18.9. The van der Waals surface area contributed by atoms with Gasteiger partial charge in [-0.15, -0.1) is 11.3 Å². The Hall–Kier alpha value is -2.71. The van der Waals surface area contributed by atoms with E-state index in [0.29, 0.717) is 18.3 Å². The molecule has 29 heavy (non-hydrogen) atoms. The summed E-state index contributed by atoms with van der Waals surface area (Å²) in [5.74, 6) is 0.0725. The number of rotatable bonds is 8. The molecular weight excluding hydrogens is 406 g/mol. The fraction of sp³-hybridized carbons (Fsp3) is 0.238. The number of thiophene rings is 1. The summed E-state index contributed by atoms with van der Waals surface area (Å²) in [5.41, 5.74) is 2.35. The number of carbonyl (C=O) groups excluding carboxylic acids is 1. The quantitative estimate of drug-likeness (QED) is 0.595. The van der Waals surface area contributed by atoms with Gasteiger partial charge in [0, 0.05) is 30.7 Å². The first-order chi connectivity index (χ1) is 14.0. The predicted molar refractivity (Wildman–Crippen MR) is 113 cm³/mol. The number of hydrogen-bond donors (Lipinski definition) is 1. The van der Waals surface area contributed by atoms with Crippen LogP contribution in [-0.4, -0.2) is 30.3 Å². The number of hydrogen-bond acceptors (Lipinski definition) is 5. The van der Waals surface area contributed by atoms with Crippen molar-refractivity contribution in [3.63, 3.8) is 0 Å². The van der Waals surface area contributed by atoms with Gasteiger partial charge < -0.3 is 4.90 Å². The van der Waals surface area contributed by atoms with Gasteiger partial charge in [0.05, 0.1) is 6.42 Å². The van der Waals surface area contributed by atoms with E-state index in [0.717, 1.165) is 24.0 Å². The van der Waals surface area contributed by atoms with Gasteiger partial charge in [0.15, 0.2) is 0 Å².